The first-order valence-electron chi connectivity index (χ1n) is 8.32. The highest BCUT2D eigenvalue weighted by atomic mass is 15.3. The lowest BCUT2D eigenvalue weighted by Crippen LogP contribution is -2.41. The Morgan fingerprint density at radius 3 is 2.50 bits per heavy atom. The fourth-order valence-corrected chi connectivity index (χ4v) is 3.30. The smallest absolute Gasteiger partial charge is 0.0235 e. The van der Waals surface area contributed by atoms with Crippen LogP contribution in [0.1, 0.15) is 46.5 Å². The van der Waals surface area contributed by atoms with Gasteiger partial charge < -0.3 is 5.32 Å². The van der Waals surface area contributed by atoms with Crippen LogP contribution in [0, 0.1) is 0 Å². The van der Waals surface area contributed by atoms with Gasteiger partial charge in [0, 0.05) is 37.8 Å². The first kappa shape index (κ1) is 16.0. The average Bonchev–Trinajstić information content (AvgIpc) is 2.85. The monoisotopic (exact) mass is 279 g/mol. The normalized spacial score (nSPS) is 26.1. The number of hydrogen-bond donors (Lipinski definition) is 1. The van der Waals surface area contributed by atoms with E-state index in [0.717, 1.165) is 19.1 Å². The SMILES string of the molecule is C=C(CNC(C)(C)C)CN1CCC(N2CCCCC2)C1. The van der Waals surface area contributed by atoms with E-state index in [9.17, 15) is 0 Å². The molecule has 3 heteroatoms. The zero-order chi connectivity index (χ0) is 14.6. The van der Waals surface area contributed by atoms with Gasteiger partial charge in [0.2, 0.25) is 0 Å². The lowest BCUT2D eigenvalue weighted by Gasteiger charge is -2.32. The molecule has 1 atom stereocenters. The quantitative estimate of drug-likeness (QED) is 0.780. The van der Waals surface area contributed by atoms with Gasteiger partial charge in [-0.25, -0.2) is 0 Å². The standard InChI is InChI=1S/C17H33N3/c1-15(12-18-17(2,3)4)13-19-11-8-16(14-19)20-9-6-5-7-10-20/h16,18H,1,5-14H2,2-4H3. The molecule has 1 unspecified atom stereocenters. The molecule has 2 saturated heterocycles. The van der Waals surface area contributed by atoms with Crippen LogP contribution in [0.15, 0.2) is 12.2 Å². The summed E-state index contributed by atoms with van der Waals surface area (Å²) in [5, 5.41) is 3.53. The zero-order valence-corrected chi connectivity index (χ0v) is 13.7. The van der Waals surface area contributed by atoms with E-state index < -0.39 is 0 Å². The van der Waals surface area contributed by atoms with Crippen LogP contribution in [0.4, 0.5) is 0 Å². The fourth-order valence-electron chi connectivity index (χ4n) is 3.30. The molecule has 2 heterocycles. The fraction of sp³-hybridized carbons (Fsp3) is 0.882. The lowest BCUT2D eigenvalue weighted by molar-refractivity contribution is 0.163. The van der Waals surface area contributed by atoms with E-state index in [1.165, 1.54) is 57.4 Å². The first-order chi connectivity index (χ1) is 9.44. The van der Waals surface area contributed by atoms with E-state index in [1.807, 2.05) is 0 Å². The maximum Gasteiger partial charge on any atom is 0.0235 e. The van der Waals surface area contributed by atoms with Gasteiger partial charge in [-0.1, -0.05) is 13.0 Å². The van der Waals surface area contributed by atoms with Crippen LogP contribution in [0.25, 0.3) is 0 Å². The van der Waals surface area contributed by atoms with Crippen molar-refractivity contribution in [3.63, 3.8) is 0 Å². The highest BCUT2D eigenvalue weighted by Gasteiger charge is 2.28. The Kier molecular flexibility index (Phi) is 5.65. The molecule has 2 aliphatic heterocycles. The van der Waals surface area contributed by atoms with Crippen LogP contribution in [0.2, 0.25) is 0 Å². The third kappa shape index (κ3) is 5.19. The molecule has 0 radical (unpaired) electrons. The third-order valence-electron chi connectivity index (χ3n) is 4.47. The molecule has 0 aromatic carbocycles. The van der Waals surface area contributed by atoms with Gasteiger partial charge in [-0.2, -0.15) is 0 Å². The lowest BCUT2D eigenvalue weighted by atomic mass is 10.1. The summed E-state index contributed by atoms with van der Waals surface area (Å²) in [5.74, 6) is 0. The molecule has 0 spiro atoms. The molecule has 3 nitrogen and oxygen atoms in total. The van der Waals surface area contributed by atoms with Gasteiger partial charge in [-0.15, -0.1) is 0 Å². The molecule has 0 aliphatic carbocycles. The maximum absolute atomic E-state index is 4.24. The van der Waals surface area contributed by atoms with Gasteiger partial charge in [0.15, 0.2) is 0 Å². The average molecular weight is 279 g/mol. The summed E-state index contributed by atoms with van der Waals surface area (Å²) in [4.78, 5) is 5.31. The van der Waals surface area contributed by atoms with Crippen molar-refractivity contribution in [1.29, 1.82) is 0 Å². The Morgan fingerprint density at radius 2 is 1.85 bits per heavy atom. The van der Waals surface area contributed by atoms with Crippen molar-refractivity contribution in [3.8, 4) is 0 Å². The van der Waals surface area contributed by atoms with Crippen molar-refractivity contribution in [3.05, 3.63) is 12.2 Å². The minimum Gasteiger partial charge on any atom is -0.308 e. The van der Waals surface area contributed by atoms with E-state index in [-0.39, 0.29) is 5.54 Å². The topological polar surface area (TPSA) is 18.5 Å². The van der Waals surface area contributed by atoms with Gasteiger partial charge in [-0.3, -0.25) is 9.80 Å². The second kappa shape index (κ2) is 7.06. The summed E-state index contributed by atoms with van der Waals surface area (Å²) in [7, 11) is 0. The van der Waals surface area contributed by atoms with E-state index in [0.29, 0.717) is 0 Å². The molecule has 0 aromatic heterocycles. The second-order valence-corrected chi connectivity index (χ2v) is 7.63. The summed E-state index contributed by atoms with van der Waals surface area (Å²) in [6, 6.07) is 0.804. The number of likely N-dealkylation sites (tertiary alicyclic amines) is 2. The molecular weight excluding hydrogens is 246 g/mol. The maximum atomic E-state index is 4.24. The number of piperidine rings is 1. The van der Waals surface area contributed by atoms with Crippen molar-refractivity contribution < 1.29 is 0 Å². The van der Waals surface area contributed by atoms with E-state index in [1.54, 1.807) is 0 Å². The zero-order valence-electron chi connectivity index (χ0n) is 13.7. The Labute approximate surface area is 125 Å². The molecule has 2 aliphatic rings. The summed E-state index contributed by atoms with van der Waals surface area (Å²) in [6.07, 6.45) is 5.58. The van der Waals surface area contributed by atoms with Gasteiger partial charge >= 0.3 is 0 Å². The van der Waals surface area contributed by atoms with Gasteiger partial charge in [0.1, 0.15) is 0 Å². The van der Waals surface area contributed by atoms with Gasteiger partial charge in [0.25, 0.3) is 0 Å². The van der Waals surface area contributed by atoms with Gasteiger partial charge in [-0.05, 0) is 58.7 Å². The first-order valence-corrected chi connectivity index (χ1v) is 8.32. The van der Waals surface area contributed by atoms with Crippen LogP contribution in [0.3, 0.4) is 0 Å². The third-order valence-corrected chi connectivity index (χ3v) is 4.47. The minimum atomic E-state index is 0.185. The molecule has 1 N–H and O–H groups in total. The molecule has 116 valence electrons. The van der Waals surface area contributed by atoms with Crippen molar-refractivity contribution in [1.82, 2.24) is 15.1 Å². The molecule has 20 heavy (non-hydrogen) atoms. The van der Waals surface area contributed by atoms with Crippen LogP contribution in [0.5, 0.6) is 0 Å². The summed E-state index contributed by atoms with van der Waals surface area (Å²) in [6.45, 7) is 18.0. The number of nitrogens with zero attached hydrogens (tertiary/aromatic N) is 2. The van der Waals surface area contributed by atoms with Gasteiger partial charge in [0.05, 0.1) is 0 Å². The molecule has 0 aromatic rings. The molecule has 2 rings (SSSR count). The predicted octanol–water partition coefficient (Wildman–Crippen LogP) is 2.49. The van der Waals surface area contributed by atoms with E-state index in [2.05, 4.69) is 42.5 Å². The molecule has 0 bridgehead atoms. The van der Waals surface area contributed by atoms with Crippen LogP contribution >= 0.6 is 0 Å². The predicted molar refractivity (Wildman–Crippen MR) is 87.2 cm³/mol. The Morgan fingerprint density at radius 1 is 1.15 bits per heavy atom. The molecular formula is C17H33N3. The molecule has 0 amide bonds. The van der Waals surface area contributed by atoms with E-state index in [4.69, 9.17) is 0 Å². The number of nitrogens with one attached hydrogen (secondary N) is 1. The van der Waals surface area contributed by atoms with Crippen LogP contribution < -0.4 is 5.32 Å². The van der Waals surface area contributed by atoms with Crippen molar-refractivity contribution in [2.45, 2.75) is 58.0 Å². The van der Waals surface area contributed by atoms with Crippen LogP contribution in [-0.4, -0.2) is 60.6 Å². The highest BCUT2D eigenvalue weighted by molar-refractivity contribution is 5.02. The van der Waals surface area contributed by atoms with Crippen molar-refractivity contribution in [2.24, 2.45) is 0 Å². The number of hydrogen-bond acceptors (Lipinski definition) is 3. The Bertz CT molecular complexity index is 313. The second-order valence-electron chi connectivity index (χ2n) is 7.63. The summed E-state index contributed by atoms with van der Waals surface area (Å²) < 4.78 is 0. The Hall–Kier alpha value is -0.380. The largest absolute Gasteiger partial charge is 0.308 e. The van der Waals surface area contributed by atoms with E-state index >= 15 is 0 Å². The summed E-state index contributed by atoms with van der Waals surface area (Å²) >= 11 is 0. The number of rotatable bonds is 5. The minimum absolute atomic E-state index is 0.185. The molecule has 0 saturated carbocycles. The summed E-state index contributed by atoms with van der Waals surface area (Å²) in [5.41, 5.74) is 1.50. The Balaban J connectivity index is 1.68. The highest BCUT2D eigenvalue weighted by Crippen LogP contribution is 2.20. The van der Waals surface area contributed by atoms with Crippen molar-refractivity contribution >= 4 is 0 Å². The van der Waals surface area contributed by atoms with Crippen LogP contribution in [-0.2, 0) is 0 Å². The van der Waals surface area contributed by atoms with Crippen molar-refractivity contribution in [2.75, 3.05) is 39.3 Å². The molecule has 2 fully saturated rings.